The predicted octanol–water partition coefficient (Wildman–Crippen LogP) is 3.63. The molecular formula is C19H19FN2O. The Kier molecular flexibility index (Phi) is 3.52. The lowest BCUT2D eigenvalue weighted by Crippen LogP contribution is -2.29. The van der Waals surface area contributed by atoms with Gasteiger partial charge in [-0.2, -0.15) is 0 Å². The van der Waals surface area contributed by atoms with Crippen LogP contribution in [0.1, 0.15) is 28.8 Å². The number of nitrogens with zero attached hydrogens (tertiary/aromatic N) is 2. The van der Waals surface area contributed by atoms with Crippen molar-refractivity contribution >= 4 is 17.3 Å². The van der Waals surface area contributed by atoms with E-state index in [1.165, 1.54) is 36.2 Å². The van der Waals surface area contributed by atoms with Crippen LogP contribution < -0.4 is 9.80 Å². The molecule has 1 fully saturated rings. The highest BCUT2D eigenvalue weighted by molar-refractivity contribution is 6.07. The quantitative estimate of drug-likeness (QED) is 0.845. The van der Waals surface area contributed by atoms with E-state index in [1.54, 1.807) is 12.1 Å². The van der Waals surface area contributed by atoms with Crippen LogP contribution in [0.25, 0.3) is 0 Å². The molecule has 1 amide bonds. The number of benzene rings is 2. The molecule has 2 aromatic carbocycles. The average Bonchev–Trinajstić information content (AvgIpc) is 3.24. The van der Waals surface area contributed by atoms with E-state index in [-0.39, 0.29) is 11.7 Å². The van der Waals surface area contributed by atoms with E-state index < -0.39 is 0 Å². The van der Waals surface area contributed by atoms with Crippen LogP contribution in [-0.2, 0) is 6.42 Å². The highest BCUT2D eigenvalue weighted by Crippen LogP contribution is 2.34. The number of rotatable bonds is 2. The maximum atomic E-state index is 13.1. The fraction of sp³-hybridized carbons (Fsp3) is 0.316. The molecule has 4 heteroatoms. The van der Waals surface area contributed by atoms with E-state index in [0.717, 1.165) is 25.2 Å². The molecule has 118 valence electrons. The molecule has 2 aliphatic rings. The van der Waals surface area contributed by atoms with Gasteiger partial charge in [-0.25, -0.2) is 4.39 Å². The molecule has 4 rings (SSSR count). The van der Waals surface area contributed by atoms with E-state index in [2.05, 4.69) is 23.1 Å². The Labute approximate surface area is 135 Å². The number of fused-ring (bicyclic) bond motifs is 1. The van der Waals surface area contributed by atoms with E-state index in [0.29, 0.717) is 12.1 Å². The summed E-state index contributed by atoms with van der Waals surface area (Å²) in [5, 5.41) is 0. The van der Waals surface area contributed by atoms with Crippen molar-refractivity contribution in [1.29, 1.82) is 0 Å². The lowest BCUT2D eigenvalue weighted by molar-refractivity contribution is 0.0989. The molecule has 0 N–H and O–H groups in total. The van der Waals surface area contributed by atoms with Crippen LogP contribution in [0.2, 0.25) is 0 Å². The molecule has 0 unspecified atom stereocenters. The van der Waals surface area contributed by atoms with Crippen molar-refractivity contribution < 1.29 is 9.18 Å². The molecule has 0 aromatic heterocycles. The number of hydrogen-bond donors (Lipinski definition) is 0. The first-order chi connectivity index (χ1) is 11.2. The second kappa shape index (κ2) is 5.69. The van der Waals surface area contributed by atoms with Crippen LogP contribution in [-0.4, -0.2) is 25.5 Å². The molecule has 3 nitrogen and oxygen atoms in total. The maximum Gasteiger partial charge on any atom is 0.258 e. The summed E-state index contributed by atoms with van der Waals surface area (Å²) >= 11 is 0. The molecule has 0 bridgehead atoms. The summed E-state index contributed by atoms with van der Waals surface area (Å²) in [6.07, 6.45) is 3.34. The third-order valence-corrected chi connectivity index (χ3v) is 4.77. The SMILES string of the molecule is O=C(c1ccc(F)cc1)N1CCc2ccc(N3CCCC3)cc21. The van der Waals surface area contributed by atoms with Gasteiger partial charge in [-0.1, -0.05) is 6.07 Å². The van der Waals surface area contributed by atoms with Gasteiger partial charge in [0.1, 0.15) is 5.82 Å². The number of hydrogen-bond acceptors (Lipinski definition) is 2. The minimum Gasteiger partial charge on any atom is -0.371 e. The number of halogens is 1. The second-order valence-electron chi connectivity index (χ2n) is 6.22. The first-order valence-electron chi connectivity index (χ1n) is 8.18. The van der Waals surface area contributed by atoms with Crippen LogP contribution in [0.3, 0.4) is 0 Å². The van der Waals surface area contributed by atoms with Crippen molar-refractivity contribution in [1.82, 2.24) is 0 Å². The summed E-state index contributed by atoms with van der Waals surface area (Å²) in [4.78, 5) is 16.9. The van der Waals surface area contributed by atoms with Crippen molar-refractivity contribution in [3.05, 3.63) is 59.4 Å². The minimum absolute atomic E-state index is 0.0534. The molecule has 0 aliphatic carbocycles. The van der Waals surface area contributed by atoms with E-state index in [4.69, 9.17) is 0 Å². The molecular weight excluding hydrogens is 291 g/mol. The number of anilines is 2. The average molecular weight is 310 g/mol. The zero-order valence-electron chi connectivity index (χ0n) is 13.0. The highest BCUT2D eigenvalue weighted by atomic mass is 19.1. The second-order valence-corrected chi connectivity index (χ2v) is 6.22. The van der Waals surface area contributed by atoms with Crippen LogP contribution in [0, 0.1) is 5.82 Å². The normalized spacial score (nSPS) is 16.7. The first-order valence-corrected chi connectivity index (χ1v) is 8.18. The number of carbonyl (C=O) groups excluding carboxylic acids is 1. The molecule has 0 atom stereocenters. The van der Waals surface area contributed by atoms with Crippen LogP contribution in [0.15, 0.2) is 42.5 Å². The number of amides is 1. The molecule has 0 spiro atoms. The van der Waals surface area contributed by atoms with Gasteiger partial charge in [0.15, 0.2) is 0 Å². The van der Waals surface area contributed by atoms with Crippen LogP contribution in [0.5, 0.6) is 0 Å². The van der Waals surface area contributed by atoms with Crippen molar-refractivity contribution in [2.24, 2.45) is 0 Å². The third kappa shape index (κ3) is 2.58. The highest BCUT2D eigenvalue weighted by Gasteiger charge is 2.26. The van der Waals surface area contributed by atoms with Crippen molar-refractivity contribution in [2.75, 3.05) is 29.4 Å². The Morgan fingerprint density at radius 3 is 2.43 bits per heavy atom. The summed E-state index contributed by atoms with van der Waals surface area (Å²) in [5.74, 6) is -0.373. The standard InChI is InChI=1S/C19H19FN2O/c20-16-6-3-15(4-7-16)19(23)22-12-9-14-5-8-17(13-18(14)22)21-10-1-2-11-21/h3-8,13H,1-2,9-12H2. The summed E-state index contributed by atoms with van der Waals surface area (Å²) in [6, 6.07) is 12.2. The maximum absolute atomic E-state index is 13.1. The predicted molar refractivity (Wildman–Crippen MR) is 89.7 cm³/mol. The molecule has 1 saturated heterocycles. The van der Waals surface area contributed by atoms with Crippen molar-refractivity contribution in [3.8, 4) is 0 Å². The van der Waals surface area contributed by atoms with Gasteiger partial charge in [0.2, 0.25) is 0 Å². The zero-order chi connectivity index (χ0) is 15.8. The fourth-order valence-electron chi connectivity index (χ4n) is 3.50. The van der Waals surface area contributed by atoms with Gasteiger partial charge in [0.05, 0.1) is 0 Å². The van der Waals surface area contributed by atoms with E-state index >= 15 is 0 Å². The van der Waals surface area contributed by atoms with E-state index in [1.807, 2.05) is 4.90 Å². The Balaban J connectivity index is 1.64. The summed E-state index contributed by atoms with van der Waals surface area (Å²) in [5.41, 5.74) is 3.94. The van der Waals surface area contributed by atoms with Crippen LogP contribution in [0.4, 0.5) is 15.8 Å². The van der Waals surface area contributed by atoms with Gasteiger partial charge in [0.25, 0.3) is 5.91 Å². The fourth-order valence-corrected chi connectivity index (χ4v) is 3.50. The summed E-state index contributed by atoms with van der Waals surface area (Å²) in [6.45, 7) is 2.87. The zero-order valence-corrected chi connectivity index (χ0v) is 13.0. The third-order valence-electron chi connectivity index (χ3n) is 4.77. The molecule has 2 aromatic rings. The van der Waals surface area contributed by atoms with Gasteiger partial charge in [-0.15, -0.1) is 0 Å². The lowest BCUT2D eigenvalue weighted by atomic mass is 10.1. The van der Waals surface area contributed by atoms with Crippen molar-refractivity contribution in [2.45, 2.75) is 19.3 Å². The molecule has 0 saturated carbocycles. The lowest BCUT2D eigenvalue weighted by Gasteiger charge is -2.22. The van der Waals surface area contributed by atoms with Gasteiger partial charge in [-0.3, -0.25) is 4.79 Å². The molecule has 23 heavy (non-hydrogen) atoms. The van der Waals surface area contributed by atoms with Gasteiger partial charge in [-0.05, 0) is 61.2 Å². The van der Waals surface area contributed by atoms with Gasteiger partial charge >= 0.3 is 0 Å². The topological polar surface area (TPSA) is 23.6 Å². The Morgan fingerprint density at radius 1 is 0.957 bits per heavy atom. The molecule has 2 aliphatic heterocycles. The molecule has 0 radical (unpaired) electrons. The van der Waals surface area contributed by atoms with Crippen molar-refractivity contribution in [3.63, 3.8) is 0 Å². The molecule has 2 heterocycles. The smallest absolute Gasteiger partial charge is 0.258 e. The summed E-state index contributed by atoms with van der Waals surface area (Å²) < 4.78 is 13.1. The van der Waals surface area contributed by atoms with Crippen LogP contribution >= 0.6 is 0 Å². The number of carbonyl (C=O) groups is 1. The Morgan fingerprint density at radius 2 is 1.70 bits per heavy atom. The van der Waals surface area contributed by atoms with E-state index in [9.17, 15) is 9.18 Å². The monoisotopic (exact) mass is 310 g/mol. The Bertz CT molecular complexity index is 736. The largest absolute Gasteiger partial charge is 0.371 e. The van der Waals surface area contributed by atoms with Gasteiger partial charge in [0, 0.05) is 36.6 Å². The minimum atomic E-state index is -0.320. The summed E-state index contributed by atoms with van der Waals surface area (Å²) in [7, 11) is 0. The Hall–Kier alpha value is -2.36. The van der Waals surface area contributed by atoms with Gasteiger partial charge < -0.3 is 9.80 Å². The first kappa shape index (κ1) is 14.2.